The van der Waals surface area contributed by atoms with E-state index in [0.29, 0.717) is 6.61 Å². The van der Waals surface area contributed by atoms with Crippen LogP contribution < -0.4 is 10.5 Å². The quantitative estimate of drug-likeness (QED) is 0.898. The molecule has 0 unspecified atom stereocenters. The predicted molar refractivity (Wildman–Crippen MR) is 86.4 cm³/mol. The van der Waals surface area contributed by atoms with Gasteiger partial charge in [0.25, 0.3) is 0 Å². The van der Waals surface area contributed by atoms with Crippen LogP contribution in [0.1, 0.15) is 36.8 Å². The molecular formula is C19H23NO. The van der Waals surface area contributed by atoms with Crippen LogP contribution in [0.2, 0.25) is 0 Å². The Kier molecular flexibility index (Phi) is 4.26. The van der Waals surface area contributed by atoms with Gasteiger partial charge in [0.2, 0.25) is 0 Å². The highest BCUT2D eigenvalue weighted by molar-refractivity contribution is 5.35. The number of rotatable bonds is 5. The highest BCUT2D eigenvalue weighted by Crippen LogP contribution is 2.41. The van der Waals surface area contributed by atoms with Crippen molar-refractivity contribution in [2.75, 3.05) is 6.54 Å². The summed E-state index contributed by atoms with van der Waals surface area (Å²) >= 11 is 0. The van der Waals surface area contributed by atoms with Gasteiger partial charge >= 0.3 is 0 Å². The van der Waals surface area contributed by atoms with Crippen LogP contribution >= 0.6 is 0 Å². The maximum Gasteiger partial charge on any atom is 0.120 e. The molecule has 1 aliphatic carbocycles. The van der Waals surface area contributed by atoms with Crippen molar-refractivity contribution in [2.45, 2.75) is 37.7 Å². The average Bonchev–Trinajstić information content (AvgIpc) is 3.04. The van der Waals surface area contributed by atoms with Crippen molar-refractivity contribution in [3.63, 3.8) is 0 Å². The zero-order valence-corrected chi connectivity index (χ0v) is 12.4. The molecule has 0 aliphatic heterocycles. The predicted octanol–water partition coefficient (Wildman–Crippen LogP) is 4.04. The van der Waals surface area contributed by atoms with E-state index in [1.54, 1.807) is 0 Å². The number of hydrogen-bond donors (Lipinski definition) is 1. The van der Waals surface area contributed by atoms with Crippen molar-refractivity contribution in [2.24, 2.45) is 5.73 Å². The first-order valence-electron chi connectivity index (χ1n) is 7.80. The first-order chi connectivity index (χ1) is 10.3. The van der Waals surface area contributed by atoms with E-state index in [1.807, 2.05) is 24.3 Å². The van der Waals surface area contributed by atoms with E-state index in [2.05, 4.69) is 30.3 Å². The Labute approximate surface area is 126 Å². The normalized spacial score (nSPS) is 16.8. The Morgan fingerprint density at radius 2 is 1.71 bits per heavy atom. The first kappa shape index (κ1) is 14.2. The highest BCUT2D eigenvalue weighted by atomic mass is 16.5. The third-order valence-electron chi connectivity index (χ3n) is 4.65. The van der Waals surface area contributed by atoms with E-state index < -0.39 is 0 Å². The van der Waals surface area contributed by atoms with Gasteiger partial charge in [-0.05, 0) is 36.1 Å². The average molecular weight is 281 g/mol. The molecule has 2 nitrogen and oxygen atoms in total. The molecule has 2 N–H and O–H groups in total. The summed E-state index contributed by atoms with van der Waals surface area (Å²) in [6.07, 6.45) is 4.97. The lowest BCUT2D eigenvalue weighted by molar-refractivity contribution is 0.304. The number of nitrogens with two attached hydrogens (primary N) is 1. The van der Waals surface area contributed by atoms with E-state index >= 15 is 0 Å². The summed E-state index contributed by atoms with van der Waals surface area (Å²) in [6, 6.07) is 18.8. The molecule has 0 amide bonds. The van der Waals surface area contributed by atoms with Crippen LogP contribution in [0.25, 0.3) is 0 Å². The smallest absolute Gasteiger partial charge is 0.120 e. The summed E-state index contributed by atoms with van der Waals surface area (Å²) in [5.41, 5.74) is 8.78. The van der Waals surface area contributed by atoms with Crippen LogP contribution in [-0.4, -0.2) is 6.54 Å². The molecule has 1 fully saturated rings. The number of benzene rings is 2. The van der Waals surface area contributed by atoms with E-state index in [-0.39, 0.29) is 5.41 Å². The van der Waals surface area contributed by atoms with Gasteiger partial charge in [-0.15, -0.1) is 0 Å². The van der Waals surface area contributed by atoms with Gasteiger partial charge in [0, 0.05) is 12.0 Å². The zero-order valence-electron chi connectivity index (χ0n) is 12.4. The van der Waals surface area contributed by atoms with Gasteiger partial charge in [-0.1, -0.05) is 55.3 Å². The highest BCUT2D eigenvalue weighted by Gasteiger charge is 2.34. The minimum absolute atomic E-state index is 0.173. The summed E-state index contributed by atoms with van der Waals surface area (Å²) in [7, 11) is 0. The summed E-state index contributed by atoms with van der Waals surface area (Å²) in [5, 5.41) is 0. The van der Waals surface area contributed by atoms with Crippen LogP contribution in [0, 0.1) is 0 Å². The Balaban J connectivity index is 1.74. The lowest BCUT2D eigenvalue weighted by Crippen LogP contribution is -2.31. The van der Waals surface area contributed by atoms with Crippen LogP contribution in [0.5, 0.6) is 5.75 Å². The molecule has 2 heteroatoms. The second-order valence-electron chi connectivity index (χ2n) is 5.99. The molecule has 0 radical (unpaired) electrons. The van der Waals surface area contributed by atoms with Crippen molar-refractivity contribution in [1.82, 2.24) is 0 Å². The van der Waals surface area contributed by atoms with Crippen LogP contribution in [0.4, 0.5) is 0 Å². The van der Waals surface area contributed by atoms with E-state index in [0.717, 1.165) is 12.3 Å². The minimum Gasteiger partial charge on any atom is -0.489 e. The van der Waals surface area contributed by atoms with E-state index in [1.165, 1.54) is 36.8 Å². The molecule has 0 atom stereocenters. The van der Waals surface area contributed by atoms with Crippen molar-refractivity contribution < 1.29 is 4.74 Å². The maximum atomic E-state index is 6.08. The number of ether oxygens (including phenoxy) is 1. The molecule has 3 rings (SSSR count). The van der Waals surface area contributed by atoms with Gasteiger partial charge in [0.1, 0.15) is 12.4 Å². The molecule has 1 aliphatic rings. The molecule has 0 saturated heterocycles. The summed E-state index contributed by atoms with van der Waals surface area (Å²) < 4.78 is 5.94. The Morgan fingerprint density at radius 1 is 0.952 bits per heavy atom. The fourth-order valence-corrected chi connectivity index (χ4v) is 3.32. The molecular weight excluding hydrogens is 258 g/mol. The third-order valence-corrected chi connectivity index (χ3v) is 4.65. The van der Waals surface area contributed by atoms with Crippen molar-refractivity contribution in [3.05, 3.63) is 65.7 Å². The molecule has 0 aromatic heterocycles. The van der Waals surface area contributed by atoms with Crippen molar-refractivity contribution >= 4 is 0 Å². The molecule has 21 heavy (non-hydrogen) atoms. The molecule has 2 aromatic rings. The molecule has 0 heterocycles. The minimum atomic E-state index is 0.173. The lowest BCUT2D eigenvalue weighted by atomic mass is 9.79. The lowest BCUT2D eigenvalue weighted by Gasteiger charge is -2.28. The van der Waals surface area contributed by atoms with Gasteiger partial charge in [-0.25, -0.2) is 0 Å². The fraction of sp³-hybridized carbons (Fsp3) is 0.368. The second-order valence-corrected chi connectivity index (χ2v) is 5.99. The fourth-order valence-electron chi connectivity index (χ4n) is 3.32. The second kappa shape index (κ2) is 6.31. The van der Waals surface area contributed by atoms with Crippen LogP contribution in [0.3, 0.4) is 0 Å². The van der Waals surface area contributed by atoms with Crippen molar-refractivity contribution in [3.8, 4) is 5.75 Å². The largest absolute Gasteiger partial charge is 0.489 e. The van der Waals surface area contributed by atoms with Gasteiger partial charge in [0.15, 0.2) is 0 Å². The molecule has 2 aromatic carbocycles. The zero-order chi connectivity index (χ0) is 14.5. The summed E-state index contributed by atoms with van der Waals surface area (Å²) in [6.45, 7) is 1.34. The third kappa shape index (κ3) is 3.11. The van der Waals surface area contributed by atoms with E-state index in [9.17, 15) is 0 Å². The molecule has 110 valence electrons. The van der Waals surface area contributed by atoms with Gasteiger partial charge in [0.05, 0.1) is 0 Å². The van der Waals surface area contributed by atoms with Crippen LogP contribution in [-0.2, 0) is 12.0 Å². The summed E-state index contributed by atoms with van der Waals surface area (Å²) in [4.78, 5) is 0. The van der Waals surface area contributed by atoms with E-state index in [4.69, 9.17) is 10.5 Å². The standard InChI is InChI=1S/C19H23NO/c20-15-19(11-4-5-12-19)17-9-6-10-18(13-17)21-14-16-7-2-1-3-8-16/h1-3,6-10,13H,4-5,11-12,14-15,20H2. The summed E-state index contributed by atoms with van der Waals surface area (Å²) in [5.74, 6) is 0.941. The molecule has 1 saturated carbocycles. The van der Waals surface area contributed by atoms with Crippen molar-refractivity contribution in [1.29, 1.82) is 0 Å². The van der Waals surface area contributed by atoms with Crippen LogP contribution in [0.15, 0.2) is 54.6 Å². The topological polar surface area (TPSA) is 35.2 Å². The number of hydrogen-bond acceptors (Lipinski definition) is 2. The van der Waals surface area contributed by atoms with Gasteiger partial charge in [-0.2, -0.15) is 0 Å². The Morgan fingerprint density at radius 3 is 2.43 bits per heavy atom. The monoisotopic (exact) mass is 281 g/mol. The Hall–Kier alpha value is -1.80. The first-order valence-corrected chi connectivity index (χ1v) is 7.80. The van der Waals surface area contributed by atoms with Gasteiger partial charge < -0.3 is 10.5 Å². The maximum absolute atomic E-state index is 6.08. The van der Waals surface area contributed by atoms with Gasteiger partial charge in [-0.3, -0.25) is 0 Å². The SMILES string of the molecule is NCC1(c2cccc(OCc3ccccc3)c2)CCCC1. The molecule has 0 spiro atoms. The Bertz CT molecular complexity index is 573. The molecule has 0 bridgehead atoms.